The Hall–Kier alpha value is -1.63. The van der Waals surface area contributed by atoms with E-state index in [-0.39, 0.29) is 23.6 Å². The Balaban J connectivity index is 1.54. The molecule has 2 aliphatic heterocycles. The van der Waals surface area contributed by atoms with Gasteiger partial charge in [0, 0.05) is 38.5 Å². The molecule has 0 bridgehead atoms. The molecule has 2 rings (SSSR count). The third kappa shape index (κ3) is 6.65. The summed E-state index contributed by atoms with van der Waals surface area (Å²) in [5.74, 6) is 0.505. The van der Waals surface area contributed by atoms with Crippen molar-refractivity contribution in [2.45, 2.75) is 45.4 Å². The minimum atomic E-state index is 0.0293. The molecule has 2 saturated heterocycles. The van der Waals surface area contributed by atoms with Crippen molar-refractivity contribution in [2.24, 2.45) is 5.92 Å². The normalized spacial score (nSPS) is 19.2. The summed E-state index contributed by atoms with van der Waals surface area (Å²) in [6.07, 6.45) is 5.02. The lowest BCUT2D eigenvalue weighted by Crippen LogP contribution is -2.44. The summed E-state index contributed by atoms with van der Waals surface area (Å²) >= 11 is 0. The average molecular weight is 352 g/mol. The van der Waals surface area contributed by atoms with Gasteiger partial charge in [0.15, 0.2) is 0 Å². The van der Waals surface area contributed by atoms with E-state index in [4.69, 9.17) is 0 Å². The van der Waals surface area contributed by atoms with Crippen molar-refractivity contribution in [2.75, 3.05) is 45.8 Å². The van der Waals surface area contributed by atoms with E-state index >= 15 is 0 Å². The van der Waals surface area contributed by atoms with Gasteiger partial charge in [-0.15, -0.1) is 0 Å². The number of likely N-dealkylation sites (tertiary alicyclic amines) is 2. The molecule has 2 aliphatic rings. The van der Waals surface area contributed by atoms with Gasteiger partial charge in [-0.25, -0.2) is 0 Å². The molecular weight excluding hydrogens is 320 g/mol. The minimum Gasteiger partial charge on any atom is -0.356 e. The lowest BCUT2D eigenvalue weighted by Gasteiger charge is -2.30. The fourth-order valence-electron chi connectivity index (χ4n) is 3.44. The van der Waals surface area contributed by atoms with E-state index in [1.807, 2.05) is 11.8 Å². The van der Waals surface area contributed by atoms with Gasteiger partial charge in [-0.1, -0.05) is 6.92 Å². The first kappa shape index (κ1) is 19.7. The highest BCUT2D eigenvalue weighted by molar-refractivity contribution is 5.79. The van der Waals surface area contributed by atoms with E-state index < -0.39 is 0 Å². The number of hydrogen-bond donors (Lipinski definition) is 2. The minimum absolute atomic E-state index is 0.0293. The van der Waals surface area contributed by atoms with Crippen molar-refractivity contribution in [3.8, 4) is 0 Å². The molecule has 0 aliphatic carbocycles. The molecule has 2 N–H and O–H groups in total. The summed E-state index contributed by atoms with van der Waals surface area (Å²) in [5, 5.41) is 5.89. The lowest BCUT2D eigenvalue weighted by atomic mass is 9.96. The van der Waals surface area contributed by atoms with E-state index in [9.17, 15) is 14.4 Å². The maximum absolute atomic E-state index is 12.0. The Morgan fingerprint density at radius 3 is 2.52 bits per heavy atom. The Morgan fingerprint density at radius 1 is 1.12 bits per heavy atom. The average Bonchev–Trinajstić information content (AvgIpc) is 3.02. The summed E-state index contributed by atoms with van der Waals surface area (Å²) in [4.78, 5) is 39.5. The Labute approximate surface area is 150 Å². The van der Waals surface area contributed by atoms with Crippen LogP contribution in [0.3, 0.4) is 0 Å². The molecule has 7 nitrogen and oxygen atoms in total. The van der Waals surface area contributed by atoms with Gasteiger partial charge < -0.3 is 15.5 Å². The quantitative estimate of drug-likeness (QED) is 0.587. The molecule has 0 unspecified atom stereocenters. The number of piperidine rings is 1. The first-order chi connectivity index (χ1) is 12.1. The second kappa shape index (κ2) is 10.4. The second-order valence-corrected chi connectivity index (χ2v) is 7.03. The number of hydrogen-bond acceptors (Lipinski definition) is 4. The van der Waals surface area contributed by atoms with Crippen molar-refractivity contribution in [3.63, 3.8) is 0 Å². The third-order valence-electron chi connectivity index (χ3n) is 4.97. The molecule has 2 fully saturated rings. The SMILES string of the molecule is CCCNC(=O)C1CCN(CC(=O)NCCCN2CCCC2=O)CC1. The van der Waals surface area contributed by atoms with Gasteiger partial charge in [0.05, 0.1) is 6.54 Å². The molecule has 0 aromatic heterocycles. The molecule has 2 heterocycles. The highest BCUT2D eigenvalue weighted by atomic mass is 16.2. The van der Waals surface area contributed by atoms with Crippen LogP contribution in [0.2, 0.25) is 0 Å². The molecule has 0 aromatic carbocycles. The Kier molecular flexibility index (Phi) is 8.18. The summed E-state index contributed by atoms with van der Waals surface area (Å²) in [7, 11) is 0. The number of amides is 3. The van der Waals surface area contributed by atoms with Crippen molar-refractivity contribution < 1.29 is 14.4 Å². The molecular formula is C18H32N4O3. The smallest absolute Gasteiger partial charge is 0.234 e. The zero-order valence-corrected chi connectivity index (χ0v) is 15.4. The largest absolute Gasteiger partial charge is 0.356 e. The van der Waals surface area contributed by atoms with E-state index in [2.05, 4.69) is 15.5 Å². The van der Waals surface area contributed by atoms with Crippen molar-refractivity contribution in [3.05, 3.63) is 0 Å². The summed E-state index contributed by atoms with van der Waals surface area (Å²) in [6, 6.07) is 0. The van der Waals surface area contributed by atoms with Crippen LogP contribution >= 0.6 is 0 Å². The van der Waals surface area contributed by atoms with E-state index in [1.54, 1.807) is 0 Å². The van der Waals surface area contributed by atoms with Crippen LogP contribution < -0.4 is 10.6 Å². The molecule has 0 saturated carbocycles. The number of nitrogens with one attached hydrogen (secondary N) is 2. The van der Waals surface area contributed by atoms with Crippen LogP contribution in [0.15, 0.2) is 0 Å². The van der Waals surface area contributed by atoms with E-state index in [0.29, 0.717) is 19.5 Å². The zero-order chi connectivity index (χ0) is 18.1. The van der Waals surface area contributed by atoms with E-state index in [1.165, 1.54) is 0 Å². The second-order valence-electron chi connectivity index (χ2n) is 7.03. The van der Waals surface area contributed by atoms with Gasteiger partial charge in [-0.05, 0) is 45.2 Å². The molecule has 3 amide bonds. The fourth-order valence-corrected chi connectivity index (χ4v) is 3.44. The Bertz CT molecular complexity index is 461. The lowest BCUT2D eigenvalue weighted by molar-refractivity contribution is -0.128. The predicted octanol–water partition coefficient (Wildman–Crippen LogP) is 0.353. The number of carbonyl (C=O) groups excluding carboxylic acids is 3. The van der Waals surface area contributed by atoms with Crippen LogP contribution in [0, 0.1) is 5.92 Å². The molecule has 25 heavy (non-hydrogen) atoms. The highest BCUT2D eigenvalue weighted by Gasteiger charge is 2.25. The molecule has 7 heteroatoms. The predicted molar refractivity (Wildman–Crippen MR) is 95.9 cm³/mol. The first-order valence-electron chi connectivity index (χ1n) is 9.64. The van der Waals surface area contributed by atoms with Gasteiger partial charge in [-0.2, -0.15) is 0 Å². The van der Waals surface area contributed by atoms with Crippen LogP contribution in [0.25, 0.3) is 0 Å². The topological polar surface area (TPSA) is 81.8 Å². The monoisotopic (exact) mass is 352 g/mol. The fraction of sp³-hybridized carbons (Fsp3) is 0.833. The van der Waals surface area contributed by atoms with Crippen LogP contribution in [-0.4, -0.2) is 73.3 Å². The Morgan fingerprint density at radius 2 is 1.88 bits per heavy atom. The van der Waals surface area contributed by atoms with Gasteiger partial charge in [-0.3, -0.25) is 19.3 Å². The standard InChI is InChI=1S/C18H32N4O3/c1-2-8-20-18(25)15-6-12-21(13-7-15)14-16(23)19-9-4-11-22-10-3-5-17(22)24/h15H,2-14H2,1H3,(H,19,23)(H,20,25). The molecule has 0 aromatic rings. The summed E-state index contributed by atoms with van der Waals surface area (Å²) in [5.41, 5.74) is 0. The van der Waals surface area contributed by atoms with E-state index in [0.717, 1.165) is 64.8 Å². The number of nitrogens with zero attached hydrogens (tertiary/aromatic N) is 2. The van der Waals surface area contributed by atoms with Gasteiger partial charge in [0.1, 0.15) is 0 Å². The van der Waals surface area contributed by atoms with Crippen molar-refractivity contribution in [1.82, 2.24) is 20.4 Å². The van der Waals surface area contributed by atoms with Crippen LogP contribution in [0.1, 0.15) is 45.4 Å². The van der Waals surface area contributed by atoms with Gasteiger partial charge in [0.25, 0.3) is 0 Å². The summed E-state index contributed by atoms with van der Waals surface area (Å²) < 4.78 is 0. The molecule has 0 spiro atoms. The summed E-state index contributed by atoms with van der Waals surface area (Å²) in [6.45, 7) is 6.96. The molecule has 0 atom stereocenters. The van der Waals surface area contributed by atoms with Crippen LogP contribution in [0.4, 0.5) is 0 Å². The number of carbonyl (C=O) groups is 3. The first-order valence-corrected chi connectivity index (χ1v) is 9.64. The van der Waals surface area contributed by atoms with Crippen molar-refractivity contribution >= 4 is 17.7 Å². The molecule has 142 valence electrons. The van der Waals surface area contributed by atoms with Crippen molar-refractivity contribution in [1.29, 1.82) is 0 Å². The zero-order valence-electron chi connectivity index (χ0n) is 15.4. The number of rotatable bonds is 9. The van der Waals surface area contributed by atoms with Crippen LogP contribution in [-0.2, 0) is 14.4 Å². The van der Waals surface area contributed by atoms with Gasteiger partial charge in [0.2, 0.25) is 17.7 Å². The third-order valence-corrected chi connectivity index (χ3v) is 4.97. The maximum atomic E-state index is 12.0. The maximum Gasteiger partial charge on any atom is 0.234 e. The highest BCUT2D eigenvalue weighted by Crippen LogP contribution is 2.17. The van der Waals surface area contributed by atoms with Crippen LogP contribution in [0.5, 0.6) is 0 Å². The van der Waals surface area contributed by atoms with Gasteiger partial charge >= 0.3 is 0 Å². The molecule has 0 radical (unpaired) electrons.